The lowest BCUT2D eigenvalue weighted by molar-refractivity contribution is 0.0973. The average molecular weight is 438 g/mol. The Kier molecular flexibility index (Phi) is 7.59. The molecule has 0 fully saturated rings. The fraction of sp³-hybridized carbons (Fsp3) is 0.292. The maximum atomic E-state index is 14.1. The summed E-state index contributed by atoms with van der Waals surface area (Å²) in [6.07, 6.45) is 0. The van der Waals surface area contributed by atoms with Crippen LogP contribution < -0.4 is 15.4 Å². The van der Waals surface area contributed by atoms with Gasteiger partial charge in [-0.1, -0.05) is 24.3 Å². The summed E-state index contributed by atoms with van der Waals surface area (Å²) in [7, 11) is 0. The van der Waals surface area contributed by atoms with Crippen molar-refractivity contribution in [3.8, 4) is 5.75 Å². The van der Waals surface area contributed by atoms with Gasteiger partial charge >= 0.3 is 0 Å². The van der Waals surface area contributed by atoms with Crippen molar-refractivity contribution in [1.29, 1.82) is 0 Å². The number of hydrogen-bond donors (Lipinski definition) is 2. The maximum Gasteiger partial charge on any atom is 0.260 e. The van der Waals surface area contributed by atoms with E-state index in [1.807, 2.05) is 56.6 Å². The van der Waals surface area contributed by atoms with Gasteiger partial charge in [0, 0.05) is 17.8 Å². The van der Waals surface area contributed by atoms with Gasteiger partial charge in [0.05, 0.1) is 30.1 Å². The number of hydrogen-bond acceptors (Lipinski definition) is 4. The zero-order valence-electron chi connectivity index (χ0n) is 18.8. The summed E-state index contributed by atoms with van der Waals surface area (Å²) in [5.41, 5.74) is 3.45. The van der Waals surface area contributed by atoms with E-state index in [2.05, 4.69) is 20.7 Å². The molecule has 0 spiro atoms. The fourth-order valence-electron chi connectivity index (χ4n) is 3.34. The number of nitrogens with zero attached hydrogens (tertiary/aromatic N) is 3. The van der Waals surface area contributed by atoms with Crippen LogP contribution >= 0.6 is 0 Å². The highest BCUT2D eigenvalue weighted by Gasteiger charge is 2.16. The highest BCUT2D eigenvalue weighted by atomic mass is 19.1. The second kappa shape index (κ2) is 10.6. The molecule has 0 atom stereocenters. The van der Waals surface area contributed by atoms with Crippen molar-refractivity contribution in [1.82, 2.24) is 15.1 Å². The Morgan fingerprint density at radius 2 is 1.84 bits per heavy atom. The summed E-state index contributed by atoms with van der Waals surface area (Å²) in [6.45, 7) is 9.38. The smallest absolute Gasteiger partial charge is 0.260 e. The molecule has 1 aromatic heterocycles. The first-order valence-corrected chi connectivity index (χ1v) is 10.6. The predicted molar refractivity (Wildman–Crippen MR) is 124 cm³/mol. The minimum Gasteiger partial charge on any atom is -0.492 e. The Balaban J connectivity index is 1.92. The number of nitrogens with one attached hydrogen (secondary N) is 2. The number of anilines is 1. The molecule has 0 aliphatic heterocycles. The summed E-state index contributed by atoms with van der Waals surface area (Å²) < 4.78 is 21.7. The van der Waals surface area contributed by atoms with Gasteiger partial charge in [-0.05, 0) is 52.0 Å². The second-order valence-electron chi connectivity index (χ2n) is 7.12. The van der Waals surface area contributed by atoms with Gasteiger partial charge in [-0.2, -0.15) is 5.10 Å². The number of guanidine groups is 1. The molecule has 2 aromatic carbocycles. The van der Waals surface area contributed by atoms with E-state index in [0.29, 0.717) is 24.6 Å². The van der Waals surface area contributed by atoms with Gasteiger partial charge in [0.1, 0.15) is 11.6 Å². The predicted octanol–water partition coefficient (Wildman–Crippen LogP) is 4.46. The van der Waals surface area contributed by atoms with Crippen LogP contribution in [0.2, 0.25) is 0 Å². The molecule has 0 saturated carbocycles. The Hall–Kier alpha value is -3.68. The molecule has 3 rings (SSSR count). The molecule has 7 nitrogen and oxygen atoms in total. The molecule has 0 radical (unpaired) electrons. The number of halogens is 1. The third kappa shape index (κ3) is 5.32. The van der Waals surface area contributed by atoms with E-state index in [4.69, 9.17) is 4.74 Å². The van der Waals surface area contributed by atoms with Gasteiger partial charge in [0.15, 0.2) is 0 Å². The Bertz CT molecular complexity index is 1120. The summed E-state index contributed by atoms with van der Waals surface area (Å²) in [6, 6.07) is 13.2. The zero-order valence-corrected chi connectivity index (χ0v) is 18.8. The van der Waals surface area contributed by atoms with Gasteiger partial charge < -0.3 is 10.1 Å². The fourth-order valence-corrected chi connectivity index (χ4v) is 3.34. The third-order valence-electron chi connectivity index (χ3n) is 5.02. The standard InChI is InChI=1S/C24H28FN5O2/c1-5-30-17(4)19(16(3)29-30)15-26-24(27-21-13-9-10-14-22(21)32-6-2)28-23(31)18-11-7-8-12-20(18)25/h7-14H,5-6,15H2,1-4H3,(H2,26,27,28,31). The number of rotatable bonds is 7. The van der Waals surface area contributed by atoms with E-state index in [1.54, 1.807) is 6.07 Å². The summed E-state index contributed by atoms with van der Waals surface area (Å²) >= 11 is 0. The molecule has 8 heteroatoms. The number of amides is 1. The highest BCUT2D eigenvalue weighted by Crippen LogP contribution is 2.24. The molecule has 0 bridgehead atoms. The first kappa shape index (κ1) is 23.0. The van der Waals surface area contributed by atoms with E-state index < -0.39 is 11.7 Å². The molecule has 0 saturated heterocycles. The van der Waals surface area contributed by atoms with Crippen LogP contribution in [0.1, 0.15) is 41.2 Å². The lowest BCUT2D eigenvalue weighted by atomic mass is 10.2. The van der Waals surface area contributed by atoms with Crippen LogP contribution in [-0.2, 0) is 13.1 Å². The van der Waals surface area contributed by atoms with Crippen LogP contribution in [0.5, 0.6) is 5.75 Å². The van der Waals surface area contributed by atoms with Gasteiger partial charge in [0.2, 0.25) is 5.96 Å². The number of aromatic nitrogens is 2. The number of aliphatic imine (C=N–C) groups is 1. The third-order valence-corrected chi connectivity index (χ3v) is 5.02. The average Bonchev–Trinajstić information content (AvgIpc) is 3.06. The van der Waals surface area contributed by atoms with Crippen molar-refractivity contribution in [3.63, 3.8) is 0 Å². The van der Waals surface area contributed by atoms with Crippen molar-refractivity contribution in [3.05, 3.63) is 76.9 Å². The van der Waals surface area contributed by atoms with Crippen molar-refractivity contribution >= 4 is 17.6 Å². The molecular weight excluding hydrogens is 409 g/mol. The minimum absolute atomic E-state index is 0.0637. The molecular formula is C24H28FN5O2. The number of ether oxygens (including phenoxy) is 1. The minimum atomic E-state index is -0.602. The van der Waals surface area contributed by atoms with Crippen LogP contribution in [-0.4, -0.2) is 28.3 Å². The van der Waals surface area contributed by atoms with Gasteiger partial charge in [-0.3, -0.25) is 14.8 Å². The van der Waals surface area contributed by atoms with Crippen molar-refractivity contribution in [2.24, 2.45) is 4.99 Å². The summed E-state index contributed by atoms with van der Waals surface area (Å²) in [5, 5.41) is 10.3. The Morgan fingerprint density at radius 1 is 1.12 bits per heavy atom. The van der Waals surface area contributed by atoms with E-state index in [1.165, 1.54) is 18.2 Å². The molecule has 3 aromatic rings. The molecule has 2 N–H and O–H groups in total. The monoisotopic (exact) mass is 437 g/mol. The second-order valence-corrected chi connectivity index (χ2v) is 7.12. The molecule has 0 aliphatic rings. The largest absolute Gasteiger partial charge is 0.492 e. The first-order chi connectivity index (χ1) is 15.4. The quantitative estimate of drug-likeness (QED) is 0.423. The summed E-state index contributed by atoms with van der Waals surface area (Å²) in [4.78, 5) is 17.3. The molecule has 168 valence electrons. The lowest BCUT2D eigenvalue weighted by Gasteiger charge is -2.15. The molecule has 1 amide bonds. The van der Waals surface area contributed by atoms with Crippen LogP contribution in [0.3, 0.4) is 0 Å². The van der Waals surface area contributed by atoms with Gasteiger partial charge in [0.25, 0.3) is 5.91 Å². The molecule has 32 heavy (non-hydrogen) atoms. The van der Waals surface area contributed by atoms with Crippen LogP contribution in [0.4, 0.5) is 10.1 Å². The number of aryl methyl sites for hydroxylation is 2. The van der Waals surface area contributed by atoms with Crippen LogP contribution in [0.15, 0.2) is 53.5 Å². The number of carbonyl (C=O) groups is 1. The normalized spacial score (nSPS) is 11.3. The molecule has 1 heterocycles. The highest BCUT2D eigenvalue weighted by molar-refractivity contribution is 6.10. The zero-order chi connectivity index (χ0) is 23.1. The Morgan fingerprint density at radius 3 is 2.53 bits per heavy atom. The van der Waals surface area contributed by atoms with Crippen LogP contribution in [0.25, 0.3) is 0 Å². The van der Waals surface area contributed by atoms with E-state index >= 15 is 0 Å². The van der Waals surface area contributed by atoms with Crippen molar-refractivity contribution in [2.75, 3.05) is 11.9 Å². The maximum absolute atomic E-state index is 14.1. The van der Waals surface area contributed by atoms with Crippen molar-refractivity contribution in [2.45, 2.75) is 40.8 Å². The summed E-state index contributed by atoms with van der Waals surface area (Å²) in [5.74, 6) is -0.390. The van der Waals surface area contributed by atoms with Gasteiger partial charge in [-0.15, -0.1) is 0 Å². The Labute approximate surface area is 187 Å². The van der Waals surface area contributed by atoms with E-state index in [9.17, 15) is 9.18 Å². The number of carbonyl (C=O) groups excluding carboxylic acids is 1. The van der Waals surface area contributed by atoms with E-state index in [-0.39, 0.29) is 11.5 Å². The van der Waals surface area contributed by atoms with Crippen molar-refractivity contribution < 1.29 is 13.9 Å². The molecule has 0 unspecified atom stereocenters. The van der Waals surface area contributed by atoms with Gasteiger partial charge in [-0.25, -0.2) is 9.38 Å². The first-order valence-electron chi connectivity index (χ1n) is 10.6. The van der Waals surface area contributed by atoms with E-state index in [0.717, 1.165) is 23.5 Å². The molecule has 0 aliphatic carbocycles. The van der Waals surface area contributed by atoms with Crippen LogP contribution in [0, 0.1) is 19.7 Å². The lowest BCUT2D eigenvalue weighted by Crippen LogP contribution is -2.36. The number of benzene rings is 2. The topological polar surface area (TPSA) is 80.5 Å². The number of para-hydroxylation sites is 2. The SMILES string of the molecule is CCOc1ccccc1NC(=NCc1c(C)nn(CC)c1C)NC(=O)c1ccccc1F.